The third kappa shape index (κ3) is 3.63. The van der Waals surface area contributed by atoms with Crippen LogP contribution in [-0.2, 0) is 10.0 Å². The topological polar surface area (TPSA) is 106 Å². The maximum atomic E-state index is 12.7. The number of fused-ring (bicyclic) bond motifs is 1. The molecule has 0 spiro atoms. The van der Waals surface area contributed by atoms with Crippen molar-refractivity contribution in [3.63, 3.8) is 0 Å². The Morgan fingerprint density at radius 3 is 2.81 bits per heavy atom. The number of benzene rings is 1. The SMILES string of the molecule is COc1nc(OC(F)F)ncc1NS(=O)(=O)c1c[nH]c2cc(Cl)ccc12. The van der Waals surface area contributed by atoms with Gasteiger partial charge in [0, 0.05) is 22.1 Å². The standard InChI is InChI=1S/C14H11ClF2N4O4S/c1-24-12-10(5-19-14(20-12)25-13(16)17)21-26(22,23)11-6-18-9-4-7(15)2-3-8(9)11/h2-6,13,18,21H,1H3. The van der Waals surface area contributed by atoms with Gasteiger partial charge >= 0.3 is 12.6 Å². The highest BCUT2D eigenvalue weighted by Gasteiger charge is 2.22. The van der Waals surface area contributed by atoms with Gasteiger partial charge in [-0.05, 0) is 18.2 Å². The number of alkyl halides is 2. The van der Waals surface area contributed by atoms with Crippen molar-refractivity contribution in [1.82, 2.24) is 15.0 Å². The molecule has 3 rings (SSSR count). The van der Waals surface area contributed by atoms with E-state index in [1.54, 1.807) is 18.2 Å². The molecule has 26 heavy (non-hydrogen) atoms. The number of aromatic amines is 1. The Morgan fingerprint density at radius 1 is 1.35 bits per heavy atom. The van der Waals surface area contributed by atoms with Crippen molar-refractivity contribution in [1.29, 1.82) is 0 Å². The van der Waals surface area contributed by atoms with Crippen molar-refractivity contribution < 1.29 is 26.7 Å². The fourth-order valence-electron chi connectivity index (χ4n) is 2.21. The summed E-state index contributed by atoms with van der Waals surface area (Å²) in [6.45, 7) is -3.12. The minimum absolute atomic E-state index is 0.0425. The predicted octanol–water partition coefficient (Wildman–Crippen LogP) is 3.02. The van der Waals surface area contributed by atoms with Crippen molar-refractivity contribution in [3.8, 4) is 11.9 Å². The summed E-state index contributed by atoms with van der Waals surface area (Å²) in [7, 11) is -2.86. The molecular formula is C14H11ClF2N4O4S. The van der Waals surface area contributed by atoms with Crippen LogP contribution in [0.15, 0.2) is 35.5 Å². The van der Waals surface area contributed by atoms with Crippen molar-refractivity contribution in [2.45, 2.75) is 11.5 Å². The van der Waals surface area contributed by atoms with Crippen LogP contribution in [0.25, 0.3) is 10.9 Å². The maximum Gasteiger partial charge on any atom is 0.389 e. The molecule has 0 atom stereocenters. The zero-order chi connectivity index (χ0) is 18.9. The monoisotopic (exact) mass is 404 g/mol. The third-order valence-corrected chi connectivity index (χ3v) is 4.90. The van der Waals surface area contributed by atoms with Crippen LogP contribution < -0.4 is 14.2 Å². The first-order valence-electron chi connectivity index (χ1n) is 6.95. The van der Waals surface area contributed by atoms with E-state index >= 15 is 0 Å². The van der Waals surface area contributed by atoms with Gasteiger partial charge in [-0.2, -0.15) is 13.8 Å². The molecule has 0 aliphatic carbocycles. The summed E-state index contributed by atoms with van der Waals surface area (Å²) in [6.07, 6.45) is 2.26. The van der Waals surface area contributed by atoms with Crippen LogP contribution in [0.2, 0.25) is 5.02 Å². The second-order valence-corrected chi connectivity index (χ2v) is 6.99. The van der Waals surface area contributed by atoms with Gasteiger partial charge in [-0.1, -0.05) is 11.6 Å². The Bertz CT molecular complexity index is 1060. The number of aromatic nitrogens is 3. The Balaban J connectivity index is 1.96. The average molecular weight is 405 g/mol. The number of nitrogens with one attached hydrogen (secondary N) is 2. The number of anilines is 1. The number of hydrogen-bond donors (Lipinski definition) is 2. The van der Waals surface area contributed by atoms with E-state index in [2.05, 4.69) is 24.4 Å². The van der Waals surface area contributed by atoms with E-state index in [-0.39, 0.29) is 16.5 Å². The molecule has 0 aliphatic heterocycles. The van der Waals surface area contributed by atoms with Gasteiger partial charge in [0.2, 0.25) is 5.88 Å². The Labute approximate surface area is 151 Å². The lowest BCUT2D eigenvalue weighted by Gasteiger charge is -2.11. The molecule has 3 aromatic rings. The summed E-state index contributed by atoms with van der Waals surface area (Å²) in [4.78, 5) is 9.87. The van der Waals surface area contributed by atoms with Gasteiger partial charge in [-0.15, -0.1) is 0 Å². The highest BCUT2D eigenvalue weighted by molar-refractivity contribution is 7.93. The smallest absolute Gasteiger partial charge is 0.389 e. The van der Waals surface area contributed by atoms with Crippen molar-refractivity contribution >= 4 is 38.2 Å². The van der Waals surface area contributed by atoms with E-state index in [0.717, 1.165) is 6.20 Å². The van der Waals surface area contributed by atoms with E-state index in [1.165, 1.54) is 13.3 Å². The molecule has 0 aliphatic rings. The van der Waals surface area contributed by atoms with Gasteiger partial charge in [-0.3, -0.25) is 4.72 Å². The van der Waals surface area contributed by atoms with E-state index in [1.807, 2.05) is 0 Å². The maximum absolute atomic E-state index is 12.7. The lowest BCUT2D eigenvalue weighted by atomic mass is 10.2. The van der Waals surface area contributed by atoms with Crippen molar-refractivity contribution in [2.75, 3.05) is 11.8 Å². The molecule has 12 heteroatoms. The molecule has 0 amide bonds. The number of hydrogen-bond acceptors (Lipinski definition) is 6. The van der Waals surface area contributed by atoms with Crippen molar-refractivity contribution in [2.24, 2.45) is 0 Å². The number of methoxy groups -OCH3 is 1. The molecular weight excluding hydrogens is 394 g/mol. The lowest BCUT2D eigenvalue weighted by Crippen LogP contribution is -2.15. The highest BCUT2D eigenvalue weighted by atomic mass is 35.5. The molecule has 1 aromatic carbocycles. The Morgan fingerprint density at radius 2 is 2.12 bits per heavy atom. The van der Waals surface area contributed by atoms with E-state index in [0.29, 0.717) is 15.9 Å². The lowest BCUT2D eigenvalue weighted by molar-refractivity contribution is -0.0563. The van der Waals surface area contributed by atoms with Gasteiger partial charge in [0.05, 0.1) is 13.3 Å². The van der Waals surface area contributed by atoms with Gasteiger partial charge in [0.25, 0.3) is 10.0 Å². The zero-order valence-electron chi connectivity index (χ0n) is 13.0. The van der Waals surface area contributed by atoms with Crippen LogP contribution in [-0.4, -0.2) is 37.1 Å². The predicted molar refractivity (Wildman–Crippen MR) is 89.3 cm³/mol. The quantitative estimate of drug-likeness (QED) is 0.654. The van der Waals surface area contributed by atoms with Gasteiger partial charge in [0.1, 0.15) is 10.6 Å². The first-order chi connectivity index (χ1) is 12.3. The molecule has 0 saturated carbocycles. The summed E-state index contributed by atoms with van der Waals surface area (Å²) in [5, 5.41) is 0.861. The summed E-state index contributed by atoms with van der Waals surface area (Å²) in [5.74, 6) is -0.276. The number of halogens is 3. The molecule has 0 unspecified atom stereocenters. The first-order valence-corrected chi connectivity index (χ1v) is 8.81. The number of sulfonamides is 1. The highest BCUT2D eigenvalue weighted by Crippen LogP contribution is 2.30. The average Bonchev–Trinajstić information content (AvgIpc) is 2.99. The van der Waals surface area contributed by atoms with Gasteiger partial charge in [-0.25, -0.2) is 13.4 Å². The molecule has 0 fully saturated rings. The van der Waals surface area contributed by atoms with Gasteiger partial charge in [0.15, 0.2) is 0 Å². The van der Waals surface area contributed by atoms with Gasteiger partial charge < -0.3 is 14.5 Å². The molecule has 0 bridgehead atoms. The second kappa shape index (κ2) is 6.92. The molecule has 2 N–H and O–H groups in total. The van der Waals surface area contributed by atoms with Crippen LogP contribution in [0.3, 0.4) is 0 Å². The third-order valence-electron chi connectivity index (χ3n) is 3.26. The molecule has 8 nitrogen and oxygen atoms in total. The first kappa shape index (κ1) is 18.1. The number of ether oxygens (including phenoxy) is 2. The Hall–Kier alpha value is -2.66. The van der Waals surface area contributed by atoms with Crippen LogP contribution in [0.5, 0.6) is 11.9 Å². The van der Waals surface area contributed by atoms with Crippen LogP contribution in [0, 0.1) is 0 Å². The summed E-state index contributed by atoms with van der Waals surface area (Å²) in [5.41, 5.74) is 0.388. The summed E-state index contributed by atoms with van der Waals surface area (Å²) >= 11 is 5.88. The number of rotatable bonds is 6. The van der Waals surface area contributed by atoms with Crippen molar-refractivity contribution in [3.05, 3.63) is 35.6 Å². The van der Waals surface area contributed by atoms with Crippen LogP contribution in [0.1, 0.15) is 0 Å². The minimum Gasteiger partial charge on any atom is -0.479 e. The Kier molecular flexibility index (Phi) is 4.83. The second-order valence-electron chi connectivity index (χ2n) is 4.90. The van der Waals surface area contributed by atoms with Crippen LogP contribution in [0.4, 0.5) is 14.5 Å². The summed E-state index contributed by atoms with van der Waals surface area (Å²) < 4.78 is 61.0. The molecule has 2 aromatic heterocycles. The fraction of sp³-hybridized carbons (Fsp3) is 0.143. The van der Waals surface area contributed by atoms with Crippen LogP contribution >= 0.6 is 11.6 Å². The van der Waals surface area contributed by atoms with E-state index in [4.69, 9.17) is 16.3 Å². The minimum atomic E-state index is -4.05. The summed E-state index contributed by atoms with van der Waals surface area (Å²) in [6, 6.07) is 4.03. The molecule has 0 saturated heterocycles. The van der Waals surface area contributed by atoms with E-state index in [9.17, 15) is 17.2 Å². The number of nitrogens with zero attached hydrogens (tertiary/aromatic N) is 2. The normalized spacial score (nSPS) is 11.7. The molecule has 2 heterocycles. The molecule has 138 valence electrons. The zero-order valence-corrected chi connectivity index (χ0v) is 14.6. The van der Waals surface area contributed by atoms with E-state index < -0.39 is 22.6 Å². The largest absolute Gasteiger partial charge is 0.479 e. The molecule has 0 radical (unpaired) electrons. The fourth-order valence-corrected chi connectivity index (χ4v) is 3.60. The number of H-pyrrole nitrogens is 1.